The minimum atomic E-state index is 0.823. The Morgan fingerprint density at radius 2 is 2.05 bits per heavy atom. The second-order valence-corrected chi connectivity index (χ2v) is 6.45. The smallest absolute Gasteiger partial charge is 0.0522 e. The molecule has 1 aromatic carbocycles. The van der Waals surface area contributed by atoms with Crippen molar-refractivity contribution in [2.24, 2.45) is 0 Å². The minimum Gasteiger partial charge on any atom is -0.366 e. The first-order chi connectivity index (χ1) is 10.3. The third-order valence-electron chi connectivity index (χ3n) is 3.47. The van der Waals surface area contributed by atoms with Crippen LogP contribution < -0.4 is 10.2 Å². The van der Waals surface area contributed by atoms with Gasteiger partial charge in [0.05, 0.1) is 6.54 Å². The van der Waals surface area contributed by atoms with Gasteiger partial charge < -0.3 is 10.2 Å². The maximum Gasteiger partial charge on any atom is 0.0522 e. The molecule has 0 unspecified atom stereocenters. The fourth-order valence-electron chi connectivity index (χ4n) is 2.37. The van der Waals surface area contributed by atoms with Gasteiger partial charge in [-0.05, 0) is 43.5 Å². The van der Waals surface area contributed by atoms with Crippen LogP contribution in [0.2, 0.25) is 5.02 Å². The SMILES string of the molecule is CCCNCc1c(Cl)cccc1N(CC)Cc1cccs1. The van der Waals surface area contributed by atoms with Crippen molar-refractivity contribution in [3.05, 3.63) is 51.2 Å². The predicted octanol–water partition coefficient (Wildman–Crippen LogP) is 4.93. The number of anilines is 1. The van der Waals surface area contributed by atoms with Crippen LogP contribution in [-0.2, 0) is 13.1 Å². The summed E-state index contributed by atoms with van der Waals surface area (Å²) in [5.74, 6) is 0. The van der Waals surface area contributed by atoms with Crippen LogP contribution >= 0.6 is 22.9 Å². The van der Waals surface area contributed by atoms with Crippen molar-refractivity contribution in [2.75, 3.05) is 18.0 Å². The Balaban J connectivity index is 2.21. The predicted molar refractivity (Wildman–Crippen MR) is 94.5 cm³/mol. The average molecular weight is 323 g/mol. The van der Waals surface area contributed by atoms with Crippen molar-refractivity contribution >= 4 is 28.6 Å². The number of hydrogen-bond acceptors (Lipinski definition) is 3. The van der Waals surface area contributed by atoms with Gasteiger partial charge in [0.25, 0.3) is 0 Å². The number of halogens is 1. The molecule has 0 saturated heterocycles. The molecule has 0 radical (unpaired) electrons. The Bertz CT molecular complexity index is 540. The van der Waals surface area contributed by atoms with Crippen molar-refractivity contribution in [1.29, 1.82) is 0 Å². The molecule has 1 N–H and O–H groups in total. The Labute approximate surface area is 136 Å². The highest BCUT2D eigenvalue weighted by molar-refractivity contribution is 7.09. The third-order valence-corrected chi connectivity index (χ3v) is 4.69. The molecule has 0 aliphatic rings. The first-order valence-electron chi connectivity index (χ1n) is 7.51. The second-order valence-electron chi connectivity index (χ2n) is 5.01. The Morgan fingerprint density at radius 3 is 2.71 bits per heavy atom. The topological polar surface area (TPSA) is 15.3 Å². The van der Waals surface area contributed by atoms with Crippen molar-refractivity contribution in [1.82, 2.24) is 5.32 Å². The molecule has 1 heterocycles. The lowest BCUT2D eigenvalue weighted by molar-refractivity contribution is 0.672. The van der Waals surface area contributed by atoms with Gasteiger partial charge in [0.2, 0.25) is 0 Å². The third kappa shape index (κ3) is 4.47. The van der Waals surface area contributed by atoms with Crippen LogP contribution in [0.25, 0.3) is 0 Å². The van der Waals surface area contributed by atoms with Crippen molar-refractivity contribution < 1.29 is 0 Å². The van der Waals surface area contributed by atoms with E-state index in [1.807, 2.05) is 12.1 Å². The highest BCUT2D eigenvalue weighted by Gasteiger charge is 2.13. The zero-order valence-corrected chi connectivity index (χ0v) is 14.3. The van der Waals surface area contributed by atoms with Crippen LogP contribution in [0.1, 0.15) is 30.7 Å². The molecule has 0 saturated carbocycles. The normalized spacial score (nSPS) is 10.8. The van der Waals surface area contributed by atoms with E-state index in [1.54, 1.807) is 11.3 Å². The average Bonchev–Trinajstić information content (AvgIpc) is 3.00. The molecule has 0 aliphatic heterocycles. The van der Waals surface area contributed by atoms with Gasteiger partial charge in [-0.3, -0.25) is 0 Å². The molecular formula is C17H23ClN2S. The highest BCUT2D eigenvalue weighted by Crippen LogP contribution is 2.29. The van der Waals surface area contributed by atoms with Gasteiger partial charge >= 0.3 is 0 Å². The van der Waals surface area contributed by atoms with E-state index in [4.69, 9.17) is 11.6 Å². The molecule has 0 aliphatic carbocycles. The zero-order chi connectivity index (χ0) is 15.1. The molecule has 4 heteroatoms. The standard InChI is InChI=1S/C17H23ClN2S/c1-3-10-19-12-15-16(18)8-5-9-17(15)20(4-2)13-14-7-6-11-21-14/h5-9,11,19H,3-4,10,12-13H2,1-2H3. The van der Waals surface area contributed by atoms with E-state index in [2.05, 4.69) is 47.6 Å². The quantitative estimate of drug-likeness (QED) is 0.693. The molecular weight excluding hydrogens is 300 g/mol. The highest BCUT2D eigenvalue weighted by atomic mass is 35.5. The van der Waals surface area contributed by atoms with Crippen LogP contribution in [0.5, 0.6) is 0 Å². The fraction of sp³-hybridized carbons (Fsp3) is 0.412. The number of benzene rings is 1. The summed E-state index contributed by atoms with van der Waals surface area (Å²) in [5.41, 5.74) is 2.44. The molecule has 2 rings (SSSR count). The van der Waals surface area contributed by atoms with Gasteiger partial charge in [0.15, 0.2) is 0 Å². The minimum absolute atomic E-state index is 0.823. The first kappa shape index (κ1) is 16.3. The van der Waals surface area contributed by atoms with E-state index in [9.17, 15) is 0 Å². The van der Waals surface area contributed by atoms with Crippen molar-refractivity contribution in [3.8, 4) is 0 Å². The van der Waals surface area contributed by atoms with Crippen molar-refractivity contribution in [3.63, 3.8) is 0 Å². The van der Waals surface area contributed by atoms with Crippen molar-refractivity contribution in [2.45, 2.75) is 33.4 Å². The molecule has 21 heavy (non-hydrogen) atoms. The fourth-order valence-corrected chi connectivity index (χ4v) is 3.32. The molecule has 0 atom stereocenters. The second kappa shape index (κ2) is 8.42. The number of thiophene rings is 1. The number of nitrogens with zero attached hydrogens (tertiary/aromatic N) is 1. The monoisotopic (exact) mass is 322 g/mol. The van der Waals surface area contributed by atoms with Gasteiger partial charge in [-0.25, -0.2) is 0 Å². The summed E-state index contributed by atoms with van der Waals surface area (Å²) in [4.78, 5) is 3.77. The molecule has 2 aromatic rings. The maximum absolute atomic E-state index is 6.43. The van der Waals surface area contributed by atoms with Crippen LogP contribution in [0.3, 0.4) is 0 Å². The summed E-state index contributed by atoms with van der Waals surface area (Å²) in [6.45, 7) is 8.12. The van der Waals surface area contributed by atoms with Gasteiger partial charge in [0, 0.05) is 34.2 Å². The van der Waals surface area contributed by atoms with Gasteiger partial charge in [0.1, 0.15) is 0 Å². The van der Waals surface area contributed by atoms with Gasteiger partial charge in [-0.1, -0.05) is 30.7 Å². The van der Waals surface area contributed by atoms with Crippen LogP contribution in [0, 0.1) is 0 Å². The summed E-state index contributed by atoms with van der Waals surface area (Å²) in [6, 6.07) is 10.5. The summed E-state index contributed by atoms with van der Waals surface area (Å²) in [7, 11) is 0. The Kier molecular flexibility index (Phi) is 6.55. The molecule has 114 valence electrons. The van der Waals surface area contributed by atoms with Gasteiger partial charge in [-0.15, -0.1) is 11.3 Å². The Morgan fingerprint density at radius 1 is 1.19 bits per heavy atom. The molecule has 0 spiro atoms. The van der Waals surface area contributed by atoms with E-state index in [-0.39, 0.29) is 0 Å². The molecule has 1 aromatic heterocycles. The van der Waals surface area contributed by atoms with Crippen LogP contribution in [0.4, 0.5) is 5.69 Å². The number of nitrogens with one attached hydrogen (secondary N) is 1. The number of hydrogen-bond donors (Lipinski definition) is 1. The lowest BCUT2D eigenvalue weighted by Gasteiger charge is -2.26. The van der Waals surface area contributed by atoms with Crippen LogP contribution in [-0.4, -0.2) is 13.1 Å². The molecule has 0 bridgehead atoms. The number of rotatable bonds is 8. The molecule has 0 fully saturated rings. The largest absolute Gasteiger partial charge is 0.366 e. The first-order valence-corrected chi connectivity index (χ1v) is 8.77. The molecule has 0 amide bonds. The van der Waals surface area contributed by atoms with E-state index in [0.29, 0.717) is 0 Å². The molecule has 2 nitrogen and oxygen atoms in total. The summed E-state index contributed by atoms with van der Waals surface area (Å²) in [5, 5.41) is 6.44. The zero-order valence-electron chi connectivity index (χ0n) is 12.7. The lowest BCUT2D eigenvalue weighted by Crippen LogP contribution is -2.24. The maximum atomic E-state index is 6.43. The summed E-state index contributed by atoms with van der Waals surface area (Å²) >= 11 is 8.23. The van der Waals surface area contributed by atoms with Crippen LogP contribution in [0.15, 0.2) is 35.7 Å². The Hall–Kier alpha value is -1.03. The van der Waals surface area contributed by atoms with E-state index >= 15 is 0 Å². The summed E-state index contributed by atoms with van der Waals surface area (Å²) in [6.07, 6.45) is 1.13. The van der Waals surface area contributed by atoms with E-state index in [1.165, 1.54) is 16.1 Å². The van der Waals surface area contributed by atoms with E-state index < -0.39 is 0 Å². The van der Waals surface area contributed by atoms with Gasteiger partial charge in [-0.2, -0.15) is 0 Å². The van der Waals surface area contributed by atoms with E-state index in [0.717, 1.165) is 37.6 Å². The summed E-state index contributed by atoms with van der Waals surface area (Å²) < 4.78 is 0. The lowest BCUT2D eigenvalue weighted by atomic mass is 10.1.